The van der Waals surface area contributed by atoms with E-state index in [4.69, 9.17) is 4.42 Å². The molecule has 2 rings (SSSR count). The van der Waals surface area contributed by atoms with Crippen molar-refractivity contribution in [3.05, 3.63) is 70.2 Å². The first-order valence-electron chi connectivity index (χ1n) is 6.38. The molecule has 0 atom stereocenters. The summed E-state index contributed by atoms with van der Waals surface area (Å²) >= 11 is 2.33. The van der Waals surface area contributed by atoms with Crippen molar-refractivity contribution in [2.75, 3.05) is 13.1 Å². The first kappa shape index (κ1) is 14.3. The van der Waals surface area contributed by atoms with Crippen LogP contribution in [0.3, 0.4) is 0 Å². The highest BCUT2D eigenvalue weighted by molar-refractivity contribution is 14.1. The van der Waals surface area contributed by atoms with Crippen LogP contribution in [0.4, 0.5) is 0 Å². The summed E-state index contributed by atoms with van der Waals surface area (Å²) in [5.41, 5.74) is 1.37. The number of furan rings is 1. The molecule has 3 heteroatoms. The molecule has 100 valence electrons. The number of nitrogens with zero attached hydrogens (tertiary/aromatic N) is 1. The molecule has 0 amide bonds. The Morgan fingerprint density at radius 2 is 2.00 bits per heavy atom. The Balaban J connectivity index is 1.89. The van der Waals surface area contributed by atoms with Crippen molar-refractivity contribution in [2.45, 2.75) is 13.0 Å². The van der Waals surface area contributed by atoms with Gasteiger partial charge in [0.25, 0.3) is 0 Å². The lowest BCUT2D eigenvalue weighted by atomic mass is 10.1. The molecule has 0 unspecified atom stereocenters. The van der Waals surface area contributed by atoms with Gasteiger partial charge in [0.1, 0.15) is 5.76 Å². The van der Waals surface area contributed by atoms with Gasteiger partial charge in [0, 0.05) is 16.7 Å². The molecule has 1 aromatic carbocycles. The third kappa shape index (κ3) is 4.84. The molecule has 0 bridgehead atoms. The van der Waals surface area contributed by atoms with Gasteiger partial charge in [0.15, 0.2) is 0 Å². The molecule has 2 aromatic rings. The lowest BCUT2D eigenvalue weighted by Gasteiger charge is -2.19. The molecule has 0 N–H and O–H groups in total. The van der Waals surface area contributed by atoms with Crippen LogP contribution in [0.1, 0.15) is 11.3 Å². The fourth-order valence-electron chi connectivity index (χ4n) is 1.98. The molecule has 19 heavy (non-hydrogen) atoms. The van der Waals surface area contributed by atoms with Gasteiger partial charge in [-0.2, -0.15) is 0 Å². The lowest BCUT2D eigenvalue weighted by molar-refractivity contribution is 0.271. The second-order valence-corrected chi connectivity index (χ2v) is 5.73. The van der Waals surface area contributed by atoms with Crippen molar-refractivity contribution < 1.29 is 4.42 Å². The Morgan fingerprint density at radius 3 is 2.63 bits per heavy atom. The number of hydrogen-bond acceptors (Lipinski definition) is 2. The Bertz CT molecular complexity index is 490. The normalized spacial score (nSPS) is 10.8. The van der Waals surface area contributed by atoms with E-state index in [0.29, 0.717) is 0 Å². The van der Waals surface area contributed by atoms with Crippen molar-refractivity contribution in [3.63, 3.8) is 0 Å². The summed E-state index contributed by atoms with van der Waals surface area (Å²) < 4.78 is 6.68. The van der Waals surface area contributed by atoms with Crippen LogP contribution in [0.15, 0.2) is 59.7 Å². The minimum Gasteiger partial charge on any atom is -0.468 e. The fraction of sp³-hybridized carbons (Fsp3) is 0.250. The highest BCUT2D eigenvalue weighted by Crippen LogP contribution is 2.10. The number of halogens is 1. The van der Waals surface area contributed by atoms with Gasteiger partial charge in [0.2, 0.25) is 0 Å². The van der Waals surface area contributed by atoms with E-state index < -0.39 is 0 Å². The summed E-state index contributed by atoms with van der Waals surface area (Å²) in [6, 6.07) is 12.6. The quantitative estimate of drug-likeness (QED) is 0.541. The van der Waals surface area contributed by atoms with Gasteiger partial charge in [-0.25, -0.2) is 0 Å². The molecule has 0 saturated carbocycles. The summed E-state index contributed by atoms with van der Waals surface area (Å²) in [6.07, 6.45) is 4.71. The molecule has 0 fully saturated rings. The predicted molar refractivity (Wildman–Crippen MR) is 87.0 cm³/mol. The van der Waals surface area contributed by atoms with E-state index in [1.807, 2.05) is 18.2 Å². The highest BCUT2D eigenvalue weighted by atomic mass is 127. The Morgan fingerprint density at radius 1 is 1.21 bits per heavy atom. The van der Waals surface area contributed by atoms with Gasteiger partial charge < -0.3 is 4.42 Å². The molecule has 1 aromatic heterocycles. The maximum atomic E-state index is 5.40. The average molecular weight is 367 g/mol. The van der Waals surface area contributed by atoms with Gasteiger partial charge >= 0.3 is 0 Å². The second kappa shape index (κ2) is 7.50. The molecule has 0 saturated heterocycles. The Hall–Kier alpha value is -1.07. The van der Waals surface area contributed by atoms with E-state index in [1.54, 1.807) is 6.26 Å². The Labute approximate surface area is 128 Å². The fourth-order valence-corrected chi connectivity index (χ4v) is 2.34. The van der Waals surface area contributed by atoms with Gasteiger partial charge in [-0.05, 0) is 58.8 Å². The SMILES string of the molecule is C=CCN(CCc1ccc(I)cc1)Cc1ccco1. The molecule has 0 spiro atoms. The zero-order chi connectivity index (χ0) is 13.5. The van der Waals surface area contributed by atoms with Crippen LogP contribution in [0.25, 0.3) is 0 Å². The molecular formula is C16H18INO. The molecule has 2 nitrogen and oxygen atoms in total. The van der Waals surface area contributed by atoms with E-state index >= 15 is 0 Å². The zero-order valence-corrected chi connectivity index (χ0v) is 13.0. The van der Waals surface area contributed by atoms with E-state index in [2.05, 4.69) is 58.3 Å². The van der Waals surface area contributed by atoms with Crippen LogP contribution in [-0.2, 0) is 13.0 Å². The van der Waals surface area contributed by atoms with E-state index in [1.165, 1.54) is 9.13 Å². The van der Waals surface area contributed by atoms with E-state index in [-0.39, 0.29) is 0 Å². The van der Waals surface area contributed by atoms with Crippen LogP contribution in [0, 0.1) is 3.57 Å². The molecule has 0 radical (unpaired) electrons. The van der Waals surface area contributed by atoms with Crippen LogP contribution >= 0.6 is 22.6 Å². The van der Waals surface area contributed by atoms with Crippen LogP contribution in [0.2, 0.25) is 0 Å². The smallest absolute Gasteiger partial charge is 0.117 e. The van der Waals surface area contributed by atoms with Crippen LogP contribution < -0.4 is 0 Å². The van der Waals surface area contributed by atoms with Crippen LogP contribution in [0.5, 0.6) is 0 Å². The zero-order valence-electron chi connectivity index (χ0n) is 10.9. The molecular weight excluding hydrogens is 349 g/mol. The highest BCUT2D eigenvalue weighted by Gasteiger charge is 2.06. The summed E-state index contributed by atoms with van der Waals surface area (Å²) in [6.45, 7) is 6.55. The largest absolute Gasteiger partial charge is 0.468 e. The van der Waals surface area contributed by atoms with Crippen molar-refractivity contribution in [1.82, 2.24) is 4.90 Å². The van der Waals surface area contributed by atoms with Gasteiger partial charge in [-0.3, -0.25) is 4.90 Å². The first-order valence-corrected chi connectivity index (χ1v) is 7.46. The topological polar surface area (TPSA) is 16.4 Å². The molecule has 0 aliphatic rings. The standard InChI is InChI=1S/C16H18INO/c1-2-10-18(13-16-4-3-12-19-16)11-9-14-5-7-15(17)8-6-14/h2-8,12H,1,9-11,13H2. The predicted octanol–water partition coefficient (Wildman–Crippen LogP) is 4.11. The van der Waals surface area contributed by atoms with E-state index in [0.717, 1.165) is 31.8 Å². The van der Waals surface area contributed by atoms with Gasteiger partial charge in [0.05, 0.1) is 12.8 Å². The van der Waals surface area contributed by atoms with Crippen molar-refractivity contribution >= 4 is 22.6 Å². The first-order chi connectivity index (χ1) is 9.28. The molecule has 0 aliphatic heterocycles. The monoisotopic (exact) mass is 367 g/mol. The summed E-state index contributed by atoms with van der Waals surface area (Å²) in [5.74, 6) is 1.00. The van der Waals surface area contributed by atoms with Gasteiger partial charge in [-0.1, -0.05) is 18.2 Å². The third-order valence-corrected chi connectivity index (χ3v) is 3.70. The Kier molecular flexibility index (Phi) is 5.66. The lowest BCUT2D eigenvalue weighted by Crippen LogP contribution is -2.25. The van der Waals surface area contributed by atoms with Crippen molar-refractivity contribution in [2.24, 2.45) is 0 Å². The summed E-state index contributed by atoms with van der Waals surface area (Å²) in [5, 5.41) is 0. The van der Waals surface area contributed by atoms with Crippen molar-refractivity contribution in [3.8, 4) is 0 Å². The summed E-state index contributed by atoms with van der Waals surface area (Å²) in [7, 11) is 0. The van der Waals surface area contributed by atoms with Crippen LogP contribution in [-0.4, -0.2) is 18.0 Å². The van der Waals surface area contributed by atoms with E-state index in [9.17, 15) is 0 Å². The maximum Gasteiger partial charge on any atom is 0.117 e. The number of hydrogen-bond donors (Lipinski definition) is 0. The van der Waals surface area contributed by atoms with Gasteiger partial charge in [-0.15, -0.1) is 6.58 Å². The minimum atomic E-state index is 0.837. The third-order valence-electron chi connectivity index (χ3n) is 2.98. The second-order valence-electron chi connectivity index (χ2n) is 4.48. The number of benzene rings is 1. The minimum absolute atomic E-state index is 0.837. The van der Waals surface area contributed by atoms with Crippen molar-refractivity contribution in [1.29, 1.82) is 0 Å². The maximum absolute atomic E-state index is 5.40. The molecule has 0 aliphatic carbocycles. The number of rotatable bonds is 7. The molecule has 1 heterocycles. The average Bonchev–Trinajstić information content (AvgIpc) is 2.91. The summed E-state index contributed by atoms with van der Waals surface area (Å²) in [4.78, 5) is 2.34.